The van der Waals surface area contributed by atoms with Gasteiger partial charge in [-0.1, -0.05) is 20.8 Å². The molecular formula is C12H18O2S. The van der Waals surface area contributed by atoms with E-state index < -0.39 is 0 Å². The maximum absolute atomic E-state index is 10.0. The molecule has 0 aromatic heterocycles. The third kappa shape index (κ3) is 2.81. The molecule has 0 fully saturated rings. The number of rotatable bonds is 2. The monoisotopic (exact) mass is 226 g/mol. The van der Waals surface area contributed by atoms with Gasteiger partial charge in [0.2, 0.25) is 0 Å². The summed E-state index contributed by atoms with van der Waals surface area (Å²) in [6, 6.07) is 3.61. The Bertz CT molecular complexity index is 353. The zero-order valence-corrected chi connectivity index (χ0v) is 10.6. The van der Waals surface area contributed by atoms with E-state index in [2.05, 4.69) is 12.6 Å². The summed E-state index contributed by atoms with van der Waals surface area (Å²) in [5.74, 6) is 0.733. The van der Waals surface area contributed by atoms with E-state index in [0.29, 0.717) is 12.4 Å². The van der Waals surface area contributed by atoms with Gasteiger partial charge in [0.15, 0.2) is 11.5 Å². The van der Waals surface area contributed by atoms with Crippen LogP contribution >= 0.6 is 12.6 Å². The molecule has 2 nitrogen and oxygen atoms in total. The molecule has 15 heavy (non-hydrogen) atoms. The van der Waals surface area contributed by atoms with Crippen molar-refractivity contribution < 1.29 is 9.84 Å². The molecule has 0 aliphatic heterocycles. The molecule has 0 atom stereocenters. The zero-order chi connectivity index (χ0) is 11.6. The largest absolute Gasteiger partial charge is 0.504 e. The number of phenols is 1. The van der Waals surface area contributed by atoms with Crippen molar-refractivity contribution in [2.75, 3.05) is 6.61 Å². The molecule has 0 radical (unpaired) electrons. The maximum Gasteiger partial charge on any atom is 0.162 e. The van der Waals surface area contributed by atoms with Crippen molar-refractivity contribution in [3.05, 3.63) is 17.7 Å². The van der Waals surface area contributed by atoms with Crippen LogP contribution in [-0.2, 0) is 5.41 Å². The van der Waals surface area contributed by atoms with Gasteiger partial charge < -0.3 is 9.84 Å². The Kier molecular flexibility index (Phi) is 3.55. The van der Waals surface area contributed by atoms with Gasteiger partial charge in [0.25, 0.3) is 0 Å². The zero-order valence-electron chi connectivity index (χ0n) is 9.66. The molecule has 1 rings (SSSR count). The van der Waals surface area contributed by atoms with Crippen LogP contribution in [0.2, 0.25) is 0 Å². The molecule has 0 aliphatic rings. The molecule has 0 amide bonds. The smallest absolute Gasteiger partial charge is 0.162 e. The molecule has 84 valence electrons. The number of aromatic hydroxyl groups is 1. The molecule has 0 saturated carbocycles. The quantitative estimate of drug-likeness (QED) is 0.757. The molecule has 0 heterocycles. The SMILES string of the molecule is CCOc1cc(S)cc(C(C)(C)C)c1O. The summed E-state index contributed by atoms with van der Waals surface area (Å²) in [5.41, 5.74) is 0.743. The van der Waals surface area contributed by atoms with Gasteiger partial charge >= 0.3 is 0 Å². The maximum atomic E-state index is 10.0. The highest BCUT2D eigenvalue weighted by atomic mass is 32.1. The van der Waals surface area contributed by atoms with Crippen LogP contribution < -0.4 is 4.74 Å². The molecule has 3 heteroatoms. The molecule has 0 saturated heterocycles. The molecule has 0 bridgehead atoms. The van der Waals surface area contributed by atoms with Crippen molar-refractivity contribution in [2.24, 2.45) is 0 Å². The lowest BCUT2D eigenvalue weighted by Gasteiger charge is -2.22. The number of hydrogen-bond acceptors (Lipinski definition) is 3. The highest BCUT2D eigenvalue weighted by Crippen LogP contribution is 2.39. The second kappa shape index (κ2) is 4.35. The van der Waals surface area contributed by atoms with Crippen molar-refractivity contribution in [2.45, 2.75) is 38.0 Å². The van der Waals surface area contributed by atoms with Crippen LogP contribution in [0.25, 0.3) is 0 Å². The Balaban J connectivity index is 3.28. The molecular weight excluding hydrogens is 208 g/mol. The van der Waals surface area contributed by atoms with E-state index in [1.807, 2.05) is 33.8 Å². The lowest BCUT2D eigenvalue weighted by molar-refractivity contribution is 0.313. The van der Waals surface area contributed by atoms with Crippen LogP contribution in [-0.4, -0.2) is 11.7 Å². The minimum absolute atomic E-state index is 0.116. The normalized spacial score (nSPS) is 11.5. The minimum atomic E-state index is -0.116. The van der Waals surface area contributed by atoms with E-state index in [1.54, 1.807) is 6.07 Å². The first-order valence-electron chi connectivity index (χ1n) is 5.05. The van der Waals surface area contributed by atoms with E-state index in [4.69, 9.17) is 4.74 Å². The number of phenolic OH excluding ortho intramolecular Hbond substituents is 1. The standard InChI is InChI=1S/C12H18O2S/c1-5-14-10-7-8(15)6-9(11(10)13)12(2,3)4/h6-7,13,15H,5H2,1-4H3. The van der Waals surface area contributed by atoms with Crippen molar-refractivity contribution in [3.8, 4) is 11.5 Å². The van der Waals surface area contributed by atoms with Crippen molar-refractivity contribution in [1.29, 1.82) is 0 Å². The second-order valence-corrected chi connectivity index (χ2v) is 5.04. The van der Waals surface area contributed by atoms with E-state index in [-0.39, 0.29) is 11.2 Å². The summed E-state index contributed by atoms with van der Waals surface area (Å²) in [7, 11) is 0. The fourth-order valence-corrected chi connectivity index (χ4v) is 1.68. The van der Waals surface area contributed by atoms with Gasteiger partial charge in [0.1, 0.15) is 0 Å². The summed E-state index contributed by atoms with van der Waals surface area (Å²) in [5, 5.41) is 10.0. The van der Waals surface area contributed by atoms with Gasteiger partial charge in [-0.05, 0) is 24.5 Å². The van der Waals surface area contributed by atoms with Gasteiger partial charge in [-0.15, -0.1) is 12.6 Å². The van der Waals surface area contributed by atoms with Crippen LogP contribution in [0.5, 0.6) is 11.5 Å². The minimum Gasteiger partial charge on any atom is -0.504 e. The third-order valence-corrected chi connectivity index (χ3v) is 2.43. The molecule has 1 N–H and O–H groups in total. The number of ether oxygens (including phenoxy) is 1. The predicted octanol–water partition coefficient (Wildman–Crippen LogP) is 3.38. The number of thiol groups is 1. The highest BCUT2D eigenvalue weighted by molar-refractivity contribution is 7.80. The summed E-state index contributed by atoms with van der Waals surface area (Å²) in [6.07, 6.45) is 0. The van der Waals surface area contributed by atoms with E-state index >= 15 is 0 Å². The summed E-state index contributed by atoms with van der Waals surface area (Å²) < 4.78 is 5.35. The molecule has 0 aliphatic carbocycles. The summed E-state index contributed by atoms with van der Waals surface area (Å²) in [6.45, 7) is 8.57. The van der Waals surface area contributed by atoms with Crippen LogP contribution in [0.3, 0.4) is 0 Å². The Hall–Kier alpha value is -0.830. The topological polar surface area (TPSA) is 29.5 Å². The fourth-order valence-electron chi connectivity index (χ4n) is 1.43. The summed E-state index contributed by atoms with van der Waals surface area (Å²) >= 11 is 4.30. The Morgan fingerprint density at radius 3 is 2.40 bits per heavy atom. The first-order valence-corrected chi connectivity index (χ1v) is 5.50. The first-order chi connectivity index (χ1) is 6.86. The third-order valence-electron chi connectivity index (χ3n) is 2.17. The van der Waals surface area contributed by atoms with Crippen LogP contribution in [0.15, 0.2) is 17.0 Å². The molecule has 0 unspecified atom stereocenters. The molecule has 0 spiro atoms. The van der Waals surface area contributed by atoms with Crippen molar-refractivity contribution in [1.82, 2.24) is 0 Å². The Morgan fingerprint density at radius 1 is 1.33 bits per heavy atom. The molecule has 1 aromatic rings. The van der Waals surface area contributed by atoms with Crippen molar-refractivity contribution >= 4 is 12.6 Å². The van der Waals surface area contributed by atoms with E-state index in [9.17, 15) is 5.11 Å². The van der Waals surface area contributed by atoms with Crippen molar-refractivity contribution in [3.63, 3.8) is 0 Å². The van der Waals surface area contributed by atoms with E-state index in [0.717, 1.165) is 10.5 Å². The van der Waals surface area contributed by atoms with Crippen LogP contribution in [0.4, 0.5) is 0 Å². The van der Waals surface area contributed by atoms with Gasteiger partial charge in [-0.3, -0.25) is 0 Å². The first kappa shape index (κ1) is 12.2. The highest BCUT2D eigenvalue weighted by Gasteiger charge is 2.21. The van der Waals surface area contributed by atoms with Gasteiger partial charge in [-0.25, -0.2) is 0 Å². The molecule has 1 aromatic carbocycles. The average Bonchev–Trinajstić information content (AvgIpc) is 2.09. The predicted molar refractivity (Wildman–Crippen MR) is 65.2 cm³/mol. The fraction of sp³-hybridized carbons (Fsp3) is 0.500. The number of benzene rings is 1. The lowest BCUT2D eigenvalue weighted by Crippen LogP contribution is -2.12. The van der Waals surface area contributed by atoms with Crippen LogP contribution in [0.1, 0.15) is 33.3 Å². The summed E-state index contributed by atoms with van der Waals surface area (Å²) in [4.78, 5) is 0.807. The van der Waals surface area contributed by atoms with E-state index in [1.165, 1.54) is 0 Å². The lowest BCUT2D eigenvalue weighted by atomic mass is 9.86. The van der Waals surface area contributed by atoms with Gasteiger partial charge in [-0.2, -0.15) is 0 Å². The van der Waals surface area contributed by atoms with Crippen LogP contribution in [0, 0.1) is 0 Å². The average molecular weight is 226 g/mol. The van der Waals surface area contributed by atoms with Gasteiger partial charge in [0, 0.05) is 10.5 Å². The Morgan fingerprint density at radius 2 is 1.93 bits per heavy atom. The Labute approximate surface area is 96.7 Å². The second-order valence-electron chi connectivity index (χ2n) is 4.52. The number of hydrogen-bond donors (Lipinski definition) is 2. The van der Waals surface area contributed by atoms with Gasteiger partial charge in [0.05, 0.1) is 6.61 Å².